The molecule has 4 N–H and O–H groups in total. The molecule has 102 valence electrons. The van der Waals surface area contributed by atoms with Gasteiger partial charge in [-0.1, -0.05) is 24.6 Å². The molecule has 2 aromatic rings. The number of aromatic nitrogens is 2. The van der Waals surface area contributed by atoms with E-state index in [2.05, 4.69) is 44.8 Å². The van der Waals surface area contributed by atoms with E-state index in [0.717, 1.165) is 29.9 Å². The van der Waals surface area contributed by atoms with Crippen molar-refractivity contribution in [1.82, 2.24) is 9.66 Å². The van der Waals surface area contributed by atoms with Gasteiger partial charge in [-0.2, -0.15) is 0 Å². The zero-order valence-corrected chi connectivity index (χ0v) is 12.1. The molecular formula is C15H22N4. The summed E-state index contributed by atoms with van der Waals surface area (Å²) in [5.41, 5.74) is 11.6. The fraction of sp³-hybridized carbons (Fsp3) is 0.400. The summed E-state index contributed by atoms with van der Waals surface area (Å²) in [6.07, 6.45) is 1.84. The van der Waals surface area contributed by atoms with Crippen LogP contribution in [0.2, 0.25) is 0 Å². The van der Waals surface area contributed by atoms with Crippen molar-refractivity contribution < 1.29 is 0 Å². The second-order valence-corrected chi connectivity index (χ2v) is 5.16. The molecule has 0 spiro atoms. The zero-order valence-electron chi connectivity index (χ0n) is 12.1. The van der Waals surface area contributed by atoms with Gasteiger partial charge in [-0.3, -0.25) is 0 Å². The van der Waals surface area contributed by atoms with Gasteiger partial charge in [-0.05, 0) is 38.3 Å². The van der Waals surface area contributed by atoms with Crippen LogP contribution in [-0.4, -0.2) is 9.66 Å². The van der Waals surface area contributed by atoms with Crippen molar-refractivity contribution in [3.8, 4) is 11.3 Å². The van der Waals surface area contributed by atoms with Crippen LogP contribution in [0.3, 0.4) is 0 Å². The normalized spacial score (nSPS) is 10.9. The van der Waals surface area contributed by atoms with Crippen LogP contribution in [0.1, 0.15) is 35.9 Å². The highest BCUT2D eigenvalue weighted by Crippen LogP contribution is 2.31. The first-order chi connectivity index (χ1) is 8.95. The standard InChI is InChI=1S/C15H22N4/c1-5-6-12-18-14(15(16)19(12)17)13-10(3)7-9(2)8-11(13)4/h7-8H,5-6,16-17H2,1-4H3. The van der Waals surface area contributed by atoms with Gasteiger partial charge in [0, 0.05) is 12.0 Å². The van der Waals surface area contributed by atoms with Crippen LogP contribution in [0.4, 0.5) is 5.82 Å². The summed E-state index contributed by atoms with van der Waals surface area (Å²) in [5, 5.41) is 0. The minimum absolute atomic E-state index is 0.540. The molecule has 0 bridgehead atoms. The van der Waals surface area contributed by atoms with E-state index in [4.69, 9.17) is 11.6 Å². The molecule has 2 rings (SSSR count). The molecule has 0 aliphatic carbocycles. The van der Waals surface area contributed by atoms with Crippen molar-refractivity contribution in [2.75, 3.05) is 11.6 Å². The van der Waals surface area contributed by atoms with Gasteiger partial charge in [0.1, 0.15) is 11.5 Å². The lowest BCUT2D eigenvalue weighted by Gasteiger charge is -2.10. The van der Waals surface area contributed by atoms with E-state index in [1.54, 1.807) is 0 Å². The van der Waals surface area contributed by atoms with Crippen molar-refractivity contribution in [3.63, 3.8) is 0 Å². The van der Waals surface area contributed by atoms with Crippen LogP contribution in [-0.2, 0) is 6.42 Å². The topological polar surface area (TPSA) is 69.9 Å². The second-order valence-electron chi connectivity index (χ2n) is 5.16. The van der Waals surface area contributed by atoms with Gasteiger partial charge in [-0.15, -0.1) is 0 Å². The van der Waals surface area contributed by atoms with Crippen molar-refractivity contribution in [2.24, 2.45) is 0 Å². The molecule has 0 fully saturated rings. The summed E-state index contributed by atoms with van der Waals surface area (Å²) in [4.78, 5) is 4.63. The van der Waals surface area contributed by atoms with E-state index in [1.807, 2.05) is 0 Å². The number of nitrogens with two attached hydrogens (primary N) is 2. The third-order valence-electron chi connectivity index (χ3n) is 3.41. The third-order valence-corrected chi connectivity index (χ3v) is 3.41. The summed E-state index contributed by atoms with van der Waals surface area (Å²) in [7, 11) is 0. The Morgan fingerprint density at radius 3 is 2.26 bits per heavy atom. The number of rotatable bonds is 3. The predicted octanol–water partition coefficient (Wildman–Crippen LogP) is 2.72. The summed E-state index contributed by atoms with van der Waals surface area (Å²) >= 11 is 0. The Morgan fingerprint density at radius 1 is 1.16 bits per heavy atom. The Labute approximate surface area is 114 Å². The fourth-order valence-electron chi connectivity index (χ4n) is 2.63. The van der Waals surface area contributed by atoms with Crippen LogP contribution in [0.5, 0.6) is 0 Å². The van der Waals surface area contributed by atoms with Gasteiger partial charge < -0.3 is 11.6 Å². The molecule has 0 atom stereocenters. The summed E-state index contributed by atoms with van der Waals surface area (Å²) < 4.78 is 1.51. The average Bonchev–Trinajstić information content (AvgIpc) is 2.57. The summed E-state index contributed by atoms with van der Waals surface area (Å²) in [6.45, 7) is 8.37. The van der Waals surface area contributed by atoms with E-state index in [9.17, 15) is 0 Å². The Kier molecular flexibility index (Phi) is 3.51. The lowest BCUT2D eigenvalue weighted by molar-refractivity contribution is 0.794. The van der Waals surface area contributed by atoms with Crippen LogP contribution >= 0.6 is 0 Å². The molecular weight excluding hydrogens is 236 g/mol. The van der Waals surface area contributed by atoms with Gasteiger partial charge in [0.05, 0.1) is 0 Å². The Morgan fingerprint density at radius 2 is 1.74 bits per heavy atom. The molecule has 0 saturated carbocycles. The molecule has 1 aromatic heterocycles. The quantitative estimate of drug-likeness (QED) is 0.832. The fourth-order valence-corrected chi connectivity index (χ4v) is 2.63. The number of nitrogen functional groups attached to an aromatic ring is 2. The van der Waals surface area contributed by atoms with E-state index in [1.165, 1.54) is 21.4 Å². The van der Waals surface area contributed by atoms with E-state index in [0.29, 0.717) is 5.82 Å². The van der Waals surface area contributed by atoms with Gasteiger partial charge >= 0.3 is 0 Å². The van der Waals surface area contributed by atoms with E-state index >= 15 is 0 Å². The molecule has 0 saturated heterocycles. The highest BCUT2D eigenvalue weighted by molar-refractivity contribution is 5.76. The smallest absolute Gasteiger partial charge is 0.150 e. The Balaban J connectivity index is 2.63. The SMILES string of the molecule is CCCc1nc(-c2c(C)cc(C)cc2C)c(N)n1N. The first kappa shape index (κ1) is 13.5. The second kappa shape index (κ2) is 4.96. The third kappa shape index (κ3) is 2.30. The molecule has 0 aliphatic heterocycles. The molecule has 0 unspecified atom stereocenters. The molecule has 4 nitrogen and oxygen atoms in total. The van der Waals surface area contributed by atoms with Crippen LogP contribution in [0, 0.1) is 20.8 Å². The average molecular weight is 258 g/mol. The number of hydrogen-bond donors (Lipinski definition) is 2. The molecule has 0 aliphatic rings. The van der Waals surface area contributed by atoms with Crippen LogP contribution in [0.25, 0.3) is 11.3 Å². The highest BCUT2D eigenvalue weighted by atomic mass is 15.4. The van der Waals surface area contributed by atoms with Crippen molar-refractivity contribution in [1.29, 1.82) is 0 Å². The van der Waals surface area contributed by atoms with Gasteiger partial charge in [0.2, 0.25) is 0 Å². The summed E-state index contributed by atoms with van der Waals surface area (Å²) in [6, 6.07) is 4.30. The number of benzene rings is 1. The molecule has 19 heavy (non-hydrogen) atoms. The maximum atomic E-state index is 6.12. The first-order valence-corrected chi connectivity index (χ1v) is 6.66. The molecule has 0 amide bonds. The van der Waals surface area contributed by atoms with Gasteiger partial charge in [-0.25, -0.2) is 9.66 Å². The van der Waals surface area contributed by atoms with Crippen molar-refractivity contribution in [3.05, 3.63) is 34.6 Å². The Bertz CT molecular complexity index is 588. The maximum absolute atomic E-state index is 6.12. The van der Waals surface area contributed by atoms with E-state index in [-0.39, 0.29) is 0 Å². The van der Waals surface area contributed by atoms with Crippen molar-refractivity contribution in [2.45, 2.75) is 40.5 Å². The number of anilines is 1. The lowest BCUT2D eigenvalue weighted by Crippen LogP contribution is -2.15. The minimum atomic E-state index is 0.540. The monoisotopic (exact) mass is 258 g/mol. The molecule has 0 radical (unpaired) electrons. The zero-order chi connectivity index (χ0) is 14.2. The Hall–Kier alpha value is -1.97. The molecule has 4 heteroatoms. The van der Waals surface area contributed by atoms with E-state index < -0.39 is 0 Å². The predicted molar refractivity (Wildman–Crippen MR) is 80.4 cm³/mol. The van der Waals surface area contributed by atoms with Crippen LogP contribution < -0.4 is 11.6 Å². The number of hydrogen-bond acceptors (Lipinski definition) is 3. The lowest BCUT2D eigenvalue weighted by atomic mass is 9.97. The maximum Gasteiger partial charge on any atom is 0.150 e. The minimum Gasteiger partial charge on any atom is -0.382 e. The summed E-state index contributed by atoms with van der Waals surface area (Å²) in [5.74, 6) is 7.37. The van der Waals surface area contributed by atoms with Gasteiger partial charge in [0.25, 0.3) is 0 Å². The largest absolute Gasteiger partial charge is 0.382 e. The van der Waals surface area contributed by atoms with Crippen LogP contribution in [0.15, 0.2) is 12.1 Å². The van der Waals surface area contributed by atoms with Crippen molar-refractivity contribution >= 4 is 5.82 Å². The highest BCUT2D eigenvalue weighted by Gasteiger charge is 2.17. The first-order valence-electron chi connectivity index (χ1n) is 6.66. The number of nitrogens with zero attached hydrogens (tertiary/aromatic N) is 2. The number of aryl methyl sites for hydroxylation is 4. The van der Waals surface area contributed by atoms with Gasteiger partial charge in [0.15, 0.2) is 5.82 Å². The molecule has 1 aromatic carbocycles. The molecule has 1 heterocycles. The number of imidazole rings is 1.